The summed E-state index contributed by atoms with van der Waals surface area (Å²) in [6, 6.07) is 10.0. The van der Waals surface area contributed by atoms with Crippen LogP contribution in [0, 0.1) is 0 Å². The highest BCUT2D eigenvalue weighted by atomic mass is 32.1. The summed E-state index contributed by atoms with van der Waals surface area (Å²) in [6.45, 7) is 0. The number of anilines is 1. The van der Waals surface area contributed by atoms with Gasteiger partial charge in [-0.25, -0.2) is 0 Å². The van der Waals surface area contributed by atoms with Crippen LogP contribution in [0.15, 0.2) is 53.2 Å². The van der Waals surface area contributed by atoms with Gasteiger partial charge in [0, 0.05) is 6.08 Å². The zero-order valence-corrected chi connectivity index (χ0v) is 12.2. The summed E-state index contributed by atoms with van der Waals surface area (Å²) in [5.74, 6) is -0.464. The van der Waals surface area contributed by atoms with Crippen molar-refractivity contribution in [2.24, 2.45) is 5.73 Å². The molecular formula is C15H13N3O3S. The van der Waals surface area contributed by atoms with Gasteiger partial charge in [0.2, 0.25) is 5.91 Å². The molecule has 0 unspecified atom stereocenters. The zero-order chi connectivity index (χ0) is 15.9. The predicted octanol–water partition coefficient (Wildman–Crippen LogP) is 1.90. The Hall–Kier alpha value is -2.93. The Bertz CT molecular complexity index is 723. The van der Waals surface area contributed by atoms with Crippen LogP contribution < -0.4 is 16.4 Å². The molecule has 4 N–H and O–H groups in total. The molecule has 2 rings (SSSR count). The summed E-state index contributed by atoms with van der Waals surface area (Å²) in [6.07, 6.45) is 4.30. The third kappa shape index (κ3) is 4.29. The van der Waals surface area contributed by atoms with E-state index in [1.807, 2.05) is 0 Å². The Kier molecular flexibility index (Phi) is 5.05. The second kappa shape index (κ2) is 7.19. The molecule has 0 atom stereocenters. The first-order valence-electron chi connectivity index (χ1n) is 6.28. The highest BCUT2D eigenvalue weighted by Crippen LogP contribution is 2.13. The van der Waals surface area contributed by atoms with Crippen LogP contribution in [-0.4, -0.2) is 16.9 Å². The first kappa shape index (κ1) is 15.5. The first-order chi connectivity index (χ1) is 10.6. The van der Waals surface area contributed by atoms with Crippen molar-refractivity contribution >= 4 is 40.9 Å². The average Bonchev–Trinajstić information content (AvgIpc) is 2.98. The maximum atomic E-state index is 11.7. The molecule has 1 heterocycles. The van der Waals surface area contributed by atoms with Crippen molar-refractivity contribution in [1.82, 2.24) is 5.32 Å². The standard InChI is InChI=1S/C15H13N3O3S/c16-14(20)11-5-1-2-6-12(11)17-15(22)18-13(19)8-7-10-4-3-9-21-10/h1-9H,(H2,16,20)(H2,17,18,19,22). The van der Waals surface area contributed by atoms with Crippen LogP contribution in [-0.2, 0) is 4.79 Å². The summed E-state index contributed by atoms with van der Waals surface area (Å²) < 4.78 is 5.06. The van der Waals surface area contributed by atoms with E-state index in [2.05, 4.69) is 10.6 Å². The summed E-state index contributed by atoms with van der Waals surface area (Å²) in [4.78, 5) is 23.0. The van der Waals surface area contributed by atoms with Crippen molar-refractivity contribution in [3.05, 3.63) is 60.1 Å². The van der Waals surface area contributed by atoms with Gasteiger partial charge in [-0.15, -0.1) is 0 Å². The molecule has 6 nitrogen and oxygen atoms in total. The highest BCUT2D eigenvalue weighted by Gasteiger charge is 2.09. The summed E-state index contributed by atoms with van der Waals surface area (Å²) in [5, 5.41) is 5.27. The molecule has 22 heavy (non-hydrogen) atoms. The summed E-state index contributed by atoms with van der Waals surface area (Å²) in [7, 11) is 0. The quantitative estimate of drug-likeness (QED) is 0.591. The van der Waals surface area contributed by atoms with Crippen LogP contribution >= 0.6 is 12.2 Å². The number of benzene rings is 1. The topological polar surface area (TPSA) is 97.4 Å². The molecular weight excluding hydrogens is 302 g/mol. The average molecular weight is 315 g/mol. The monoisotopic (exact) mass is 315 g/mol. The molecule has 0 aliphatic carbocycles. The molecule has 0 saturated heterocycles. The van der Waals surface area contributed by atoms with Crippen molar-refractivity contribution in [1.29, 1.82) is 0 Å². The van der Waals surface area contributed by atoms with E-state index < -0.39 is 11.8 Å². The Morgan fingerprint density at radius 2 is 1.95 bits per heavy atom. The number of hydrogen-bond acceptors (Lipinski definition) is 4. The van der Waals surface area contributed by atoms with Crippen LogP contribution in [0.4, 0.5) is 5.69 Å². The van der Waals surface area contributed by atoms with Gasteiger partial charge in [0.15, 0.2) is 5.11 Å². The van der Waals surface area contributed by atoms with Crippen molar-refractivity contribution in [3.8, 4) is 0 Å². The Morgan fingerprint density at radius 1 is 1.18 bits per heavy atom. The largest absolute Gasteiger partial charge is 0.465 e. The lowest BCUT2D eigenvalue weighted by Crippen LogP contribution is -2.33. The van der Waals surface area contributed by atoms with E-state index in [1.54, 1.807) is 36.4 Å². The number of para-hydroxylation sites is 1. The maximum Gasteiger partial charge on any atom is 0.250 e. The lowest BCUT2D eigenvalue weighted by atomic mass is 10.1. The van der Waals surface area contributed by atoms with E-state index in [9.17, 15) is 9.59 Å². The number of carbonyl (C=O) groups is 2. The van der Waals surface area contributed by atoms with Crippen molar-refractivity contribution < 1.29 is 14.0 Å². The van der Waals surface area contributed by atoms with Gasteiger partial charge in [0.1, 0.15) is 5.76 Å². The SMILES string of the molecule is NC(=O)c1ccccc1NC(=S)NC(=O)C=Cc1ccco1. The number of primary amides is 1. The van der Waals surface area contributed by atoms with Crippen LogP contribution in [0.3, 0.4) is 0 Å². The number of amides is 2. The predicted molar refractivity (Wildman–Crippen MR) is 87.1 cm³/mol. The van der Waals surface area contributed by atoms with E-state index in [-0.39, 0.29) is 10.7 Å². The Morgan fingerprint density at radius 3 is 2.64 bits per heavy atom. The number of furan rings is 1. The number of thiocarbonyl (C=S) groups is 1. The summed E-state index contributed by atoms with van der Waals surface area (Å²) >= 11 is 5.02. The molecule has 0 bridgehead atoms. The molecule has 1 aromatic carbocycles. The van der Waals surface area contributed by atoms with Gasteiger partial charge < -0.3 is 15.5 Å². The smallest absolute Gasteiger partial charge is 0.250 e. The van der Waals surface area contributed by atoms with E-state index in [1.165, 1.54) is 18.4 Å². The van der Waals surface area contributed by atoms with Gasteiger partial charge in [0.25, 0.3) is 5.91 Å². The van der Waals surface area contributed by atoms with Gasteiger partial charge in [-0.1, -0.05) is 12.1 Å². The minimum atomic E-state index is -0.588. The third-order valence-corrected chi connectivity index (χ3v) is 2.82. The Balaban J connectivity index is 1.96. The molecule has 2 amide bonds. The van der Waals surface area contributed by atoms with Crippen molar-refractivity contribution in [2.45, 2.75) is 0 Å². The molecule has 2 aromatic rings. The van der Waals surface area contributed by atoms with Crippen LogP contribution in [0.25, 0.3) is 6.08 Å². The molecule has 112 valence electrons. The number of rotatable bonds is 4. The van der Waals surface area contributed by atoms with E-state index in [0.717, 1.165) is 0 Å². The zero-order valence-electron chi connectivity index (χ0n) is 11.4. The van der Waals surface area contributed by atoms with Gasteiger partial charge in [-0.2, -0.15) is 0 Å². The minimum Gasteiger partial charge on any atom is -0.465 e. The van der Waals surface area contributed by atoms with Crippen molar-refractivity contribution in [3.63, 3.8) is 0 Å². The second-order valence-electron chi connectivity index (χ2n) is 4.20. The minimum absolute atomic E-state index is 0.0581. The van der Waals surface area contributed by atoms with E-state index in [4.69, 9.17) is 22.4 Å². The van der Waals surface area contributed by atoms with Crippen LogP contribution in [0.1, 0.15) is 16.1 Å². The lowest BCUT2D eigenvalue weighted by Gasteiger charge is -2.10. The van der Waals surface area contributed by atoms with Crippen LogP contribution in [0.2, 0.25) is 0 Å². The van der Waals surface area contributed by atoms with Gasteiger partial charge >= 0.3 is 0 Å². The highest BCUT2D eigenvalue weighted by molar-refractivity contribution is 7.80. The lowest BCUT2D eigenvalue weighted by molar-refractivity contribution is -0.115. The molecule has 0 aliphatic heterocycles. The molecule has 0 saturated carbocycles. The van der Waals surface area contributed by atoms with E-state index in [0.29, 0.717) is 11.4 Å². The second-order valence-corrected chi connectivity index (χ2v) is 4.61. The first-order valence-corrected chi connectivity index (χ1v) is 6.69. The van der Waals surface area contributed by atoms with Gasteiger partial charge in [-0.05, 0) is 42.6 Å². The third-order valence-electron chi connectivity index (χ3n) is 2.62. The molecule has 7 heteroatoms. The fraction of sp³-hybridized carbons (Fsp3) is 0. The molecule has 0 aliphatic rings. The number of carbonyl (C=O) groups excluding carboxylic acids is 2. The van der Waals surface area contributed by atoms with Crippen molar-refractivity contribution in [2.75, 3.05) is 5.32 Å². The number of nitrogens with one attached hydrogen (secondary N) is 2. The number of nitrogens with two attached hydrogens (primary N) is 1. The molecule has 1 aromatic heterocycles. The van der Waals surface area contributed by atoms with E-state index >= 15 is 0 Å². The van der Waals surface area contributed by atoms with Crippen LogP contribution in [0.5, 0.6) is 0 Å². The number of hydrogen-bond donors (Lipinski definition) is 3. The molecule has 0 spiro atoms. The Labute approximate surface area is 132 Å². The molecule has 0 radical (unpaired) electrons. The fourth-order valence-corrected chi connectivity index (χ4v) is 1.87. The van der Waals surface area contributed by atoms with Gasteiger partial charge in [0.05, 0.1) is 17.5 Å². The summed E-state index contributed by atoms with van der Waals surface area (Å²) in [5.41, 5.74) is 5.97. The normalized spacial score (nSPS) is 10.4. The van der Waals surface area contributed by atoms with Gasteiger partial charge in [-0.3, -0.25) is 14.9 Å². The fourth-order valence-electron chi connectivity index (χ4n) is 1.66. The maximum absolute atomic E-state index is 11.7. The molecule has 0 fully saturated rings.